The first-order valence-corrected chi connectivity index (χ1v) is 8.66. The van der Waals surface area contributed by atoms with Gasteiger partial charge in [-0.3, -0.25) is 4.79 Å². The maximum atomic E-state index is 11.9. The molecule has 1 aliphatic rings. The molecule has 6 nitrogen and oxygen atoms in total. The number of carbonyl (C=O) groups is 1. The second kappa shape index (κ2) is 6.80. The number of hydrogen-bond acceptors (Lipinski definition) is 5. The number of benzene rings is 1. The van der Waals surface area contributed by atoms with Gasteiger partial charge in [0.25, 0.3) is 5.91 Å². The molecule has 0 aliphatic heterocycles. The van der Waals surface area contributed by atoms with Gasteiger partial charge in [-0.2, -0.15) is 0 Å². The predicted octanol–water partition coefficient (Wildman–Crippen LogP) is 3.22. The number of nitrogens with zero attached hydrogens (tertiary/aromatic N) is 4. The molecule has 2 heterocycles. The van der Waals surface area contributed by atoms with Gasteiger partial charge in [0.05, 0.1) is 10.6 Å². The minimum atomic E-state index is -0.176. The van der Waals surface area contributed by atoms with Crippen molar-refractivity contribution >= 4 is 17.5 Å². The smallest absolute Gasteiger partial charge is 0.252 e. The number of amides is 1. The van der Waals surface area contributed by atoms with E-state index in [-0.39, 0.29) is 5.91 Å². The van der Waals surface area contributed by atoms with Crippen LogP contribution in [0.25, 0.3) is 11.6 Å². The Hall–Kier alpha value is -2.86. The van der Waals surface area contributed by atoms with E-state index in [0.717, 1.165) is 17.5 Å². The fourth-order valence-electron chi connectivity index (χ4n) is 3.07. The van der Waals surface area contributed by atoms with E-state index >= 15 is 0 Å². The summed E-state index contributed by atoms with van der Waals surface area (Å²) in [6, 6.07) is 7.39. The van der Waals surface area contributed by atoms with Crippen LogP contribution in [-0.2, 0) is 0 Å². The van der Waals surface area contributed by atoms with Crippen molar-refractivity contribution in [3.8, 4) is 11.6 Å². The van der Waals surface area contributed by atoms with Crippen molar-refractivity contribution in [1.29, 1.82) is 0 Å². The lowest BCUT2D eigenvalue weighted by molar-refractivity contribution is 0.0963. The Labute approximate surface area is 155 Å². The molecular weight excluding hydrogens is 350 g/mol. The number of nitrogens with one attached hydrogen (secondary N) is 1. The van der Waals surface area contributed by atoms with Crippen LogP contribution < -0.4 is 5.32 Å². The lowest BCUT2D eigenvalue weighted by Gasteiger charge is -2.07. The Bertz CT molecular complexity index is 946. The fourth-order valence-corrected chi connectivity index (χ4v) is 3.28. The molecule has 1 amide bonds. The van der Waals surface area contributed by atoms with Crippen LogP contribution in [0.3, 0.4) is 0 Å². The van der Waals surface area contributed by atoms with E-state index in [1.54, 1.807) is 31.6 Å². The molecule has 0 bridgehead atoms. The zero-order valence-electron chi connectivity index (χ0n) is 14.1. The highest BCUT2D eigenvalue weighted by Crippen LogP contribution is 2.54. The number of rotatable bonds is 4. The summed E-state index contributed by atoms with van der Waals surface area (Å²) in [6.07, 6.45) is 8.00. The number of aromatic nitrogens is 4. The van der Waals surface area contributed by atoms with Crippen LogP contribution in [-0.4, -0.2) is 32.9 Å². The van der Waals surface area contributed by atoms with Gasteiger partial charge in [0.15, 0.2) is 11.6 Å². The van der Waals surface area contributed by atoms with Crippen molar-refractivity contribution in [1.82, 2.24) is 25.3 Å². The Morgan fingerprint density at radius 1 is 1.04 bits per heavy atom. The van der Waals surface area contributed by atoms with Crippen molar-refractivity contribution < 1.29 is 4.79 Å². The van der Waals surface area contributed by atoms with Gasteiger partial charge in [0.2, 0.25) is 0 Å². The van der Waals surface area contributed by atoms with Crippen LogP contribution in [0.5, 0.6) is 0 Å². The van der Waals surface area contributed by atoms with E-state index in [2.05, 4.69) is 25.3 Å². The molecule has 0 radical (unpaired) electrons. The Morgan fingerprint density at radius 2 is 1.69 bits per heavy atom. The molecule has 1 fully saturated rings. The molecule has 130 valence electrons. The van der Waals surface area contributed by atoms with Crippen molar-refractivity contribution in [3.05, 3.63) is 70.8 Å². The molecule has 26 heavy (non-hydrogen) atoms. The van der Waals surface area contributed by atoms with Crippen LogP contribution in [0.1, 0.15) is 39.7 Å². The second-order valence-corrected chi connectivity index (χ2v) is 6.59. The molecule has 0 saturated heterocycles. The third kappa shape index (κ3) is 3.15. The molecule has 1 saturated carbocycles. The molecule has 4 rings (SSSR count). The fraction of sp³-hybridized carbons (Fsp3) is 0.211. The molecule has 7 heteroatoms. The first-order valence-electron chi connectivity index (χ1n) is 8.28. The third-order valence-electron chi connectivity index (χ3n) is 4.55. The largest absolute Gasteiger partial charge is 0.355 e. The van der Waals surface area contributed by atoms with E-state index in [1.807, 2.05) is 24.5 Å². The van der Waals surface area contributed by atoms with Gasteiger partial charge in [-0.15, -0.1) is 0 Å². The minimum Gasteiger partial charge on any atom is -0.355 e. The van der Waals surface area contributed by atoms with Crippen molar-refractivity contribution in [3.63, 3.8) is 0 Å². The van der Waals surface area contributed by atoms with Gasteiger partial charge >= 0.3 is 0 Å². The van der Waals surface area contributed by atoms with E-state index in [0.29, 0.717) is 34.1 Å². The maximum absolute atomic E-state index is 11.9. The quantitative estimate of drug-likeness (QED) is 0.767. The van der Waals surface area contributed by atoms with Crippen LogP contribution >= 0.6 is 11.6 Å². The predicted molar refractivity (Wildman–Crippen MR) is 98.0 cm³/mol. The Morgan fingerprint density at radius 3 is 2.38 bits per heavy atom. The van der Waals surface area contributed by atoms with E-state index in [9.17, 15) is 4.79 Å². The van der Waals surface area contributed by atoms with E-state index in [1.165, 1.54) is 0 Å². The molecule has 0 spiro atoms. The van der Waals surface area contributed by atoms with Gasteiger partial charge < -0.3 is 5.32 Å². The van der Waals surface area contributed by atoms with E-state index in [4.69, 9.17) is 11.6 Å². The van der Waals surface area contributed by atoms with Gasteiger partial charge in [-0.1, -0.05) is 17.7 Å². The maximum Gasteiger partial charge on any atom is 0.252 e. The van der Waals surface area contributed by atoms with Crippen LogP contribution in [0, 0.1) is 0 Å². The lowest BCUT2D eigenvalue weighted by atomic mass is 10.0. The normalized spacial score (nSPS) is 18.4. The Balaban J connectivity index is 1.53. The molecule has 0 unspecified atom stereocenters. The molecule has 2 atom stereocenters. The number of carbonyl (C=O) groups excluding carboxylic acids is 1. The summed E-state index contributed by atoms with van der Waals surface area (Å²) in [5.74, 6) is 1.54. The van der Waals surface area contributed by atoms with Gasteiger partial charge in [-0.05, 0) is 47.6 Å². The summed E-state index contributed by atoms with van der Waals surface area (Å²) >= 11 is 6.13. The summed E-state index contributed by atoms with van der Waals surface area (Å²) in [5.41, 5.74) is 2.68. The summed E-state index contributed by atoms with van der Waals surface area (Å²) in [7, 11) is 1.60. The SMILES string of the molecule is CNC(=O)c1cc([C@@H]2C[C@H]2c2cnc(-c3ncccn3)nc2)ccc1Cl. The third-order valence-corrected chi connectivity index (χ3v) is 4.88. The first kappa shape index (κ1) is 16.6. The van der Waals surface area contributed by atoms with Crippen molar-refractivity contribution in [2.24, 2.45) is 0 Å². The van der Waals surface area contributed by atoms with Crippen LogP contribution in [0.2, 0.25) is 5.02 Å². The zero-order chi connectivity index (χ0) is 18.1. The van der Waals surface area contributed by atoms with Gasteiger partial charge in [0.1, 0.15) is 0 Å². The van der Waals surface area contributed by atoms with Crippen LogP contribution in [0.4, 0.5) is 0 Å². The zero-order valence-corrected chi connectivity index (χ0v) is 14.8. The topological polar surface area (TPSA) is 80.7 Å². The van der Waals surface area contributed by atoms with Gasteiger partial charge in [0, 0.05) is 31.8 Å². The standard InChI is InChI=1S/C19H16ClN5O/c1-21-19(26)15-7-11(3-4-16(15)20)13-8-14(13)12-9-24-18(25-10-12)17-22-5-2-6-23-17/h2-7,9-10,13-14H,8H2,1H3,(H,21,26)/t13-,14-/m0/s1. The molecule has 3 aromatic rings. The Kier molecular flexibility index (Phi) is 4.34. The summed E-state index contributed by atoms with van der Waals surface area (Å²) in [6.45, 7) is 0. The highest BCUT2D eigenvalue weighted by Gasteiger charge is 2.40. The van der Waals surface area contributed by atoms with Crippen LogP contribution in [0.15, 0.2) is 49.1 Å². The van der Waals surface area contributed by atoms with Gasteiger partial charge in [-0.25, -0.2) is 19.9 Å². The van der Waals surface area contributed by atoms with Crippen molar-refractivity contribution in [2.75, 3.05) is 7.05 Å². The summed E-state index contributed by atoms with van der Waals surface area (Å²) in [5, 5.41) is 3.08. The molecular formula is C19H16ClN5O. The lowest BCUT2D eigenvalue weighted by Crippen LogP contribution is -2.18. The minimum absolute atomic E-state index is 0.176. The number of halogens is 1. The monoisotopic (exact) mass is 365 g/mol. The summed E-state index contributed by atoms with van der Waals surface area (Å²) < 4.78 is 0. The molecule has 2 aromatic heterocycles. The highest BCUT2D eigenvalue weighted by molar-refractivity contribution is 6.33. The van der Waals surface area contributed by atoms with Crippen molar-refractivity contribution in [2.45, 2.75) is 18.3 Å². The summed E-state index contributed by atoms with van der Waals surface area (Å²) in [4.78, 5) is 29.0. The van der Waals surface area contributed by atoms with E-state index < -0.39 is 0 Å². The number of hydrogen-bond donors (Lipinski definition) is 1. The molecule has 1 aromatic carbocycles. The first-order chi connectivity index (χ1) is 12.7. The molecule has 1 N–H and O–H groups in total. The average molecular weight is 366 g/mol. The average Bonchev–Trinajstić information content (AvgIpc) is 3.49. The highest BCUT2D eigenvalue weighted by atomic mass is 35.5. The molecule has 1 aliphatic carbocycles. The second-order valence-electron chi connectivity index (χ2n) is 6.18.